The van der Waals surface area contributed by atoms with Crippen LogP contribution in [0.15, 0.2) is 47.4 Å². The maximum atomic E-state index is 12.7. The van der Waals surface area contributed by atoms with Gasteiger partial charge in [-0.05, 0) is 43.5 Å². The highest BCUT2D eigenvalue weighted by Gasteiger charge is 2.15. The van der Waals surface area contributed by atoms with E-state index in [4.69, 9.17) is 14.2 Å². The molecule has 2 amide bonds. The van der Waals surface area contributed by atoms with Crippen LogP contribution < -0.4 is 20.1 Å². The van der Waals surface area contributed by atoms with Crippen molar-refractivity contribution in [3.8, 4) is 11.5 Å². The smallest absolute Gasteiger partial charge is 0.252 e. The second-order valence-electron chi connectivity index (χ2n) is 8.14. The van der Waals surface area contributed by atoms with Crippen molar-refractivity contribution >= 4 is 29.3 Å². The summed E-state index contributed by atoms with van der Waals surface area (Å²) in [5, 5.41) is 5.82. The number of ether oxygens (including phenoxy) is 3. The lowest BCUT2D eigenvalue weighted by atomic mass is 9.98. The molecule has 0 unspecified atom stereocenters. The molecule has 0 aliphatic heterocycles. The first-order valence-corrected chi connectivity index (χ1v) is 12.7. The first-order chi connectivity index (χ1) is 16.6. The Morgan fingerprint density at radius 1 is 1.00 bits per heavy atom. The molecule has 1 aliphatic carbocycles. The van der Waals surface area contributed by atoms with Crippen LogP contribution >= 0.6 is 11.8 Å². The lowest BCUT2D eigenvalue weighted by Crippen LogP contribution is -2.26. The van der Waals surface area contributed by atoms with Gasteiger partial charge in [-0.25, -0.2) is 0 Å². The zero-order valence-electron chi connectivity index (χ0n) is 19.9. The topological polar surface area (TPSA) is 85.9 Å². The Bertz CT molecular complexity index is 947. The molecular formula is C26H34N2O5S. The highest BCUT2D eigenvalue weighted by Crippen LogP contribution is 2.30. The zero-order valence-corrected chi connectivity index (χ0v) is 20.7. The molecule has 1 aliphatic rings. The van der Waals surface area contributed by atoms with E-state index in [9.17, 15) is 9.59 Å². The largest absolute Gasteiger partial charge is 0.493 e. The number of benzene rings is 2. The summed E-state index contributed by atoms with van der Waals surface area (Å²) in [5.41, 5.74) is 1.18. The SMILES string of the molecule is COc1ccc(NC(=O)CSc2ccccc2C(=O)NCCCOC2CCCCC2)cc1OC. The number of hydrogen-bond acceptors (Lipinski definition) is 6. The number of thioether (sulfide) groups is 1. The van der Waals surface area contributed by atoms with Crippen LogP contribution in [-0.4, -0.2) is 51.0 Å². The van der Waals surface area contributed by atoms with Crippen molar-refractivity contribution in [3.63, 3.8) is 0 Å². The summed E-state index contributed by atoms with van der Waals surface area (Å²) in [6.07, 6.45) is 7.28. The van der Waals surface area contributed by atoms with Gasteiger partial charge in [0.15, 0.2) is 11.5 Å². The second kappa shape index (κ2) is 13.9. The van der Waals surface area contributed by atoms with Crippen molar-refractivity contribution in [1.82, 2.24) is 5.32 Å². The van der Waals surface area contributed by atoms with Gasteiger partial charge >= 0.3 is 0 Å². The molecule has 7 nitrogen and oxygen atoms in total. The van der Waals surface area contributed by atoms with E-state index >= 15 is 0 Å². The van der Waals surface area contributed by atoms with Crippen LogP contribution in [0.5, 0.6) is 11.5 Å². The van der Waals surface area contributed by atoms with E-state index in [1.54, 1.807) is 38.5 Å². The fourth-order valence-corrected chi connectivity index (χ4v) is 4.74. The number of methoxy groups -OCH3 is 2. The minimum absolute atomic E-state index is 0.138. The van der Waals surface area contributed by atoms with Gasteiger partial charge in [-0.1, -0.05) is 31.4 Å². The molecule has 2 aromatic rings. The number of anilines is 1. The molecule has 3 rings (SSSR count). The quantitative estimate of drug-likeness (QED) is 0.328. The van der Waals surface area contributed by atoms with E-state index in [2.05, 4.69) is 10.6 Å². The van der Waals surface area contributed by atoms with E-state index in [0.29, 0.717) is 42.0 Å². The van der Waals surface area contributed by atoms with Crippen LogP contribution in [0.4, 0.5) is 5.69 Å². The summed E-state index contributed by atoms with van der Waals surface area (Å²) in [4.78, 5) is 25.9. The van der Waals surface area contributed by atoms with Crippen molar-refractivity contribution in [2.45, 2.75) is 49.5 Å². The number of nitrogens with one attached hydrogen (secondary N) is 2. The fourth-order valence-electron chi connectivity index (χ4n) is 3.89. The Balaban J connectivity index is 1.44. The molecule has 184 valence electrons. The maximum absolute atomic E-state index is 12.7. The molecule has 0 aromatic heterocycles. The van der Waals surface area contributed by atoms with Crippen molar-refractivity contribution in [2.24, 2.45) is 0 Å². The molecule has 0 radical (unpaired) electrons. The third-order valence-corrected chi connectivity index (χ3v) is 6.74. The van der Waals surface area contributed by atoms with E-state index in [0.717, 1.165) is 24.2 Å². The number of carbonyl (C=O) groups excluding carboxylic acids is 2. The van der Waals surface area contributed by atoms with Gasteiger partial charge in [0, 0.05) is 29.8 Å². The third kappa shape index (κ3) is 7.95. The maximum Gasteiger partial charge on any atom is 0.252 e. The van der Waals surface area contributed by atoms with Crippen molar-refractivity contribution in [1.29, 1.82) is 0 Å². The van der Waals surface area contributed by atoms with Gasteiger partial charge in [0.2, 0.25) is 5.91 Å². The van der Waals surface area contributed by atoms with Crippen molar-refractivity contribution in [3.05, 3.63) is 48.0 Å². The van der Waals surface area contributed by atoms with Crippen molar-refractivity contribution in [2.75, 3.05) is 38.4 Å². The Hall–Kier alpha value is -2.71. The van der Waals surface area contributed by atoms with Crippen molar-refractivity contribution < 1.29 is 23.8 Å². The predicted octanol–water partition coefficient (Wildman–Crippen LogP) is 4.90. The van der Waals surface area contributed by atoms with Gasteiger partial charge in [0.1, 0.15) is 0 Å². The van der Waals surface area contributed by atoms with Crippen LogP contribution in [0.2, 0.25) is 0 Å². The fraction of sp³-hybridized carbons (Fsp3) is 0.462. The van der Waals surface area contributed by atoms with E-state index in [1.807, 2.05) is 18.2 Å². The summed E-state index contributed by atoms with van der Waals surface area (Å²) in [5.74, 6) is 0.997. The standard InChI is InChI=1S/C26H34N2O5S/c1-31-22-14-13-19(17-23(22)32-2)28-25(29)18-34-24-12-7-6-11-21(24)26(30)27-15-8-16-33-20-9-4-3-5-10-20/h6-7,11-14,17,20H,3-5,8-10,15-16,18H2,1-2H3,(H,27,30)(H,28,29). The average Bonchev–Trinajstić information content (AvgIpc) is 2.87. The van der Waals surface area contributed by atoms with E-state index in [-0.39, 0.29) is 17.6 Å². The number of rotatable bonds is 12. The normalized spacial score (nSPS) is 13.8. The van der Waals surface area contributed by atoms with Gasteiger partial charge in [-0.3, -0.25) is 9.59 Å². The molecule has 8 heteroatoms. The molecule has 34 heavy (non-hydrogen) atoms. The summed E-state index contributed by atoms with van der Waals surface area (Å²) >= 11 is 1.33. The predicted molar refractivity (Wildman–Crippen MR) is 135 cm³/mol. The Labute approximate surface area is 205 Å². The first kappa shape index (κ1) is 25.9. The van der Waals surface area contributed by atoms with Gasteiger partial charge in [-0.15, -0.1) is 11.8 Å². The molecule has 1 fully saturated rings. The van der Waals surface area contributed by atoms with Crippen LogP contribution in [0, 0.1) is 0 Å². The first-order valence-electron chi connectivity index (χ1n) is 11.7. The van der Waals surface area contributed by atoms with Crippen LogP contribution in [0.3, 0.4) is 0 Å². The highest BCUT2D eigenvalue weighted by molar-refractivity contribution is 8.00. The van der Waals surface area contributed by atoms with Gasteiger partial charge in [-0.2, -0.15) is 0 Å². The zero-order chi connectivity index (χ0) is 24.2. The lowest BCUT2D eigenvalue weighted by Gasteiger charge is -2.21. The molecule has 2 N–H and O–H groups in total. The molecule has 2 aromatic carbocycles. The number of carbonyl (C=O) groups is 2. The second-order valence-corrected chi connectivity index (χ2v) is 9.16. The van der Waals surface area contributed by atoms with Crippen LogP contribution in [0.1, 0.15) is 48.9 Å². The molecule has 1 saturated carbocycles. The summed E-state index contributed by atoms with van der Waals surface area (Å²) < 4.78 is 16.4. The summed E-state index contributed by atoms with van der Waals surface area (Å²) in [6.45, 7) is 1.22. The molecule has 0 heterocycles. The Kier molecular flexibility index (Phi) is 10.6. The monoisotopic (exact) mass is 486 g/mol. The molecule has 0 bridgehead atoms. The molecule has 0 atom stereocenters. The lowest BCUT2D eigenvalue weighted by molar-refractivity contribution is -0.113. The van der Waals surface area contributed by atoms with E-state index < -0.39 is 0 Å². The van der Waals surface area contributed by atoms with Gasteiger partial charge in [0.25, 0.3) is 5.91 Å². The summed E-state index contributed by atoms with van der Waals surface area (Å²) in [6, 6.07) is 12.5. The molecule has 0 saturated heterocycles. The third-order valence-electron chi connectivity index (χ3n) is 5.67. The number of amides is 2. The summed E-state index contributed by atoms with van der Waals surface area (Å²) in [7, 11) is 3.11. The molecule has 0 spiro atoms. The van der Waals surface area contributed by atoms with Gasteiger partial charge < -0.3 is 24.8 Å². The Morgan fingerprint density at radius 2 is 1.76 bits per heavy atom. The molecular weight excluding hydrogens is 452 g/mol. The Morgan fingerprint density at radius 3 is 2.53 bits per heavy atom. The van der Waals surface area contributed by atoms with Crippen LogP contribution in [-0.2, 0) is 9.53 Å². The van der Waals surface area contributed by atoms with Crippen LogP contribution in [0.25, 0.3) is 0 Å². The number of hydrogen-bond donors (Lipinski definition) is 2. The minimum atomic E-state index is -0.174. The van der Waals surface area contributed by atoms with E-state index in [1.165, 1.54) is 31.0 Å². The highest BCUT2D eigenvalue weighted by atomic mass is 32.2. The minimum Gasteiger partial charge on any atom is -0.493 e. The van der Waals surface area contributed by atoms with Gasteiger partial charge in [0.05, 0.1) is 31.6 Å². The average molecular weight is 487 g/mol.